The summed E-state index contributed by atoms with van der Waals surface area (Å²) in [7, 11) is -2.84. The number of hydrogen-bond donors (Lipinski definition) is 1. The number of nitrogens with zero attached hydrogens (tertiary/aromatic N) is 1. The van der Waals surface area contributed by atoms with Crippen molar-refractivity contribution in [2.24, 2.45) is 5.73 Å². The van der Waals surface area contributed by atoms with Gasteiger partial charge in [-0.3, -0.25) is 4.90 Å². The third kappa shape index (κ3) is 7.70. The Hall–Kier alpha value is -0.200. The molecule has 0 aromatic heterocycles. The van der Waals surface area contributed by atoms with Crippen LogP contribution in [0.25, 0.3) is 0 Å². The SMILES string of the molecule is CCN(CCCS(=O)(=O)CC)CC(N)=S. The van der Waals surface area contributed by atoms with Gasteiger partial charge in [0.15, 0.2) is 0 Å². The fraction of sp³-hybridized carbons (Fsp3) is 0.889. The molecule has 0 unspecified atom stereocenters. The predicted octanol–water partition coefficient (Wildman–Crippen LogP) is 0.419. The zero-order valence-electron chi connectivity index (χ0n) is 9.40. The number of likely N-dealkylation sites (N-methyl/N-ethyl adjacent to an activating group) is 1. The Balaban J connectivity index is 3.87. The molecule has 2 N–H and O–H groups in total. The molecule has 0 aromatic rings. The standard InChI is InChI=1S/C9H20N2O2S2/c1-3-11(8-9(10)14)6-5-7-15(12,13)4-2/h3-8H2,1-2H3,(H2,10,14). The lowest BCUT2D eigenvalue weighted by atomic mass is 10.4. The van der Waals surface area contributed by atoms with Crippen LogP contribution in [-0.2, 0) is 9.84 Å². The van der Waals surface area contributed by atoms with Crippen molar-refractivity contribution in [3.63, 3.8) is 0 Å². The Morgan fingerprint density at radius 3 is 2.40 bits per heavy atom. The van der Waals surface area contributed by atoms with Crippen LogP contribution in [0.15, 0.2) is 0 Å². The van der Waals surface area contributed by atoms with E-state index in [9.17, 15) is 8.42 Å². The van der Waals surface area contributed by atoms with Crippen LogP contribution in [0.1, 0.15) is 20.3 Å². The van der Waals surface area contributed by atoms with Crippen molar-refractivity contribution in [1.82, 2.24) is 4.90 Å². The zero-order chi connectivity index (χ0) is 11.9. The summed E-state index contributed by atoms with van der Waals surface area (Å²) in [4.78, 5) is 2.50. The van der Waals surface area contributed by atoms with E-state index < -0.39 is 9.84 Å². The maximum Gasteiger partial charge on any atom is 0.150 e. The average Bonchev–Trinajstić information content (AvgIpc) is 2.15. The molecule has 0 fully saturated rings. The summed E-state index contributed by atoms with van der Waals surface area (Å²) in [5.41, 5.74) is 5.42. The van der Waals surface area contributed by atoms with Crippen molar-refractivity contribution >= 4 is 27.0 Å². The van der Waals surface area contributed by atoms with Gasteiger partial charge < -0.3 is 5.73 Å². The first-order valence-electron chi connectivity index (χ1n) is 5.12. The maximum absolute atomic E-state index is 11.2. The Labute approximate surface area is 97.7 Å². The highest BCUT2D eigenvalue weighted by Gasteiger charge is 2.09. The topological polar surface area (TPSA) is 63.4 Å². The highest BCUT2D eigenvalue weighted by molar-refractivity contribution is 7.91. The normalized spacial score (nSPS) is 11.9. The van der Waals surface area contributed by atoms with Gasteiger partial charge in [-0.05, 0) is 19.5 Å². The Kier molecular flexibility index (Phi) is 7.04. The van der Waals surface area contributed by atoms with Gasteiger partial charge >= 0.3 is 0 Å². The van der Waals surface area contributed by atoms with Crippen LogP contribution in [0.4, 0.5) is 0 Å². The van der Waals surface area contributed by atoms with Crippen molar-refractivity contribution < 1.29 is 8.42 Å². The lowest BCUT2D eigenvalue weighted by molar-refractivity contribution is 0.330. The molecule has 0 saturated heterocycles. The third-order valence-corrected chi connectivity index (χ3v) is 4.12. The molecule has 0 radical (unpaired) electrons. The summed E-state index contributed by atoms with van der Waals surface area (Å²) >= 11 is 4.80. The molecule has 0 atom stereocenters. The fourth-order valence-corrected chi connectivity index (χ4v) is 2.26. The van der Waals surface area contributed by atoms with Gasteiger partial charge in [-0.2, -0.15) is 0 Å². The van der Waals surface area contributed by atoms with Crippen molar-refractivity contribution in [2.45, 2.75) is 20.3 Å². The fourth-order valence-electron chi connectivity index (χ4n) is 1.22. The summed E-state index contributed by atoms with van der Waals surface area (Å²) in [6, 6.07) is 0. The molecule has 6 heteroatoms. The number of hydrogen-bond acceptors (Lipinski definition) is 4. The number of thiocarbonyl (C=S) groups is 1. The van der Waals surface area contributed by atoms with Crippen LogP contribution in [0.3, 0.4) is 0 Å². The predicted molar refractivity (Wildman–Crippen MR) is 67.8 cm³/mol. The zero-order valence-corrected chi connectivity index (χ0v) is 11.0. The van der Waals surface area contributed by atoms with Gasteiger partial charge in [0.2, 0.25) is 0 Å². The van der Waals surface area contributed by atoms with Crippen LogP contribution in [0, 0.1) is 0 Å². The summed E-state index contributed by atoms with van der Waals surface area (Å²) in [6.45, 7) is 5.81. The van der Waals surface area contributed by atoms with E-state index in [1.54, 1.807) is 6.92 Å². The number of rotatable bonds is 8. The molecule has 0 amide bonds. The second-order valence-corrected chi connectivity index (χ2v) is 6.42. The number of nitrogens with two attached hydrogens (primary N) is 1. The monoisotopic (exact) mass is 252 g/mol. The van der Waals surface area contributed by atoms with Crippen LogP contribution in [-0.4, -0.2) is 49.4 Å². The molecular formula is C9H20N2O2S2. The minimum atomic E-state index is -2.84. The van der Waals surface area contributed by atoms with Crippen LogP contribution in [0.5, 0.6) is 0 Å². The summed E-state index contributed by atoms with van der Waals surface area (Å²) < 4.78 is 22.4. The molecule has 0 aliphatic heterocycles. The lowest BCUT2D eigenvalue weighted by Gasteiger charge is -2.19. The van der Waals surface area contributed by atoms with Gasteiger partial charge in [0.25, 0.3) is 0 Å². The molecule has 0 aromatic carbocycles. The van der Waals surface area contributed by atoms with Gasteiger partial charge in [0.05, 0.1) is 10.7 Å². The van der Waals surface area contributed by atoms with Crippen molar-refractivity contribution in [3.8, 4) is 0 Å². The average molecular weight is 252 g/mol. The first kappa shape index (κ1) is 14.8. The van der Waals surface area contributed by atoms with E-state index in [2.05, 4.69) is 0 Å². The largest absolute Gasteiger partial charge is 0.392 e. The van der Waals surface area contributed by atoms with Crippen molar-refractivity contribution in [2.75, 3.05) is 31.1 Å². The van der Waals surface area contributed by atoms with Gasteiger partial charge in [-0.1, -0.05) is 26.1 Å². The first-order chi connectivity index (χ1) is 6.91. The molecule has 0 aliphatic rings. The van der Waals surface area contributed by atoms with E-state index in [0.717, 1.165) is 13.1 Å². The number of sulfone groups is 1. The molecule has 90 valence electrons. The van der Waals surface area contributed by atoms with Crippen LogP contribution < -0.4 is 5.73 Å². The molecule has 0 aliphatic carbocycles. The summed E-state index contributed by atoms with van der Waals surface area (Å²) in [5, 5.41) is 0. The van der Waals surface area contributed by atoms with E-state index in [-0.39, 0.29) is 11.5 Å². The van der Waals surface area contributed by atoms with Crippen molar-refractivity contribution in [1.29, 1.82) is 0 Å². The Morgan fingerprint density at radius 2 is 2.00 bits per heavy atom. The second-order valence-electron chi connectivity index (χ2n) is 3.43. The molecule has 0 heterocycles. The Bertz CT molecular complexity index is 288. The highest BCUT2D eigenvalue weighted by Crippen LogP contribution is 1.97. The van der Waals surface area contributed by atoms with Crippen LogP contribution >= 0.6 is 12.2 Å². The van der Waals surface area contributed by atoms with Gasteiger partial charge in [-0.15, -0.1) is 0 Å². The Morgan fingerprint density at radius 1 is 1.40 bits per heavy atom. The van der Waals surface area contributed by atoms with E-state index in [1.807, 2.05) is 11.8 Å². The molecule has 15 heavy (non-hydrogen) atoms. The van der Waals surface area contributed by atoms with Crippen LogP contribution in [0.2, 0.25) is 0 Å². The second kappa shape index (κ2) is 7.14. The molecule has 0 rings (SSSR count). The smallest absolute Gasteiger partial charge is 0.150 e. The highest BCUT2D eigenvalue weighted by atomic mass is 32.2. The van der Waals surface area contributed by atoms with E-state index in [0.29, 0.717) is 18.0 Å². The summed E-state index contributed by atoms with van der Waals surface area (Å²) in [6.07, 6.45) is 0.645. The lowest BCUT2D eigenvalue weighted by Crippen LogP contribution is -2.34. The van der Waals surface area contributed by atoms with E-state index >= 15 is 0 Å². The maximum atomic E-state index is 11.2. The quantitative estimate of drug-likeness (QED) is 0.634. The third-order valence-electron chi connectivity index (χ3n) is 2.20. The molecular weight excluding hydrogens is 232 g/mol. The van der Waals surface area contributed by atoms with Crippen molar-refractivity contribution in [3.05, 3.63) is 0 Å². The summed E-state index contributed by atoms with van der Waals surface area (Å²) in [5.74, 6) is 0.464. The minimum Gasteiger partial charge on any atom is -0.392 e. The van der Waals surface area contributed by atoms with E-state index in [1.165, 1.54) is 0 Å². The first-order valence-corrected chi connectivity index (χ1v) is 7.35. The van der Waals surface area contributed by atoms with E-state index in [4.69, 9.17) is 18.0 Å². The minimum absolute atomic E-state index is 0.217. The van der Waals surface area contributed by atoms with Gasteiger partial charge in [0.1, 0.15) is 9.84 Å². The molecule has 0 saturated carbocycles. The molecule has 4 nitrogen and oxygen atoms in total. The van der Waals surface area contributed by atoms with Gasteiger partial charge in [-0.25, -0.2) is 8.42 Å². The molecule has 0 spiro atoms. The van der Waals surface area contributed by atoms with Gasteiger partial charge in [0, 0.05) is 12.3 Å². The molecule has 0 bridgehead atoms.